The molecule has 1 aliphatic carbocycles. The molecule has 1 unspecified atom stereocenters. The zero-order chi connectivity index (χ0) is 18.3. The van der Waals surface area contributed by atoms with Gasteiger partial charge in [0.05, 0.1) is 10.9 Å². The van der Waals surface area contributed by atoms with Crippen LogP contribution in [0.2, 0.25) is 0 Å². The summed E-state index contributed by atoms with van der Waals surface area (Å²) in [5, 5.41) is 8.27. The summed E-state index contributed by atoms with van der Waals surface area (Å²) < 4.78 is 43.8. The van der Waals surface area contributed by atoms with Gasteiger partial charge in [0.15, 0.2) is 5.82 Å². The van der Waals surface area contributed by atoms with Crippen molar-refractivity contribution in [3.8, 4) is 0 Å². The molecule has 2 heterocycles. The second-order valence-electron chi connectivity index (χ2n) is 7.32. The number of piperidine rings is 1. The van der Waals surface area contributed by atoms with E-state index in [1.165, 1.54) is 29.3 Å². The van der Waals surface area contributed by atoms with Crippen LogP contribution in [0.15, 0.2) is 29.4 Å². The highest BCUT2D eigenvalue weighted by Crippen LogP contribution is 2.36. The highest BCUT2D eigenvalue weighted by atomic mass is 32.2. The number of hydrogen-bond acceptors (Lipinski definition) is 4. The summed E-state index contributed by atoms with van der Waals surface area (Å²) in [6, 6.07) is 3.76. The van der Waals surface area contributed by atoms with Crippen molar-refractivity contribution in [3.05, 3.63) is 41.7 Å². The van der Waals surface area contributed by atoms with E-state index in [2.05, 4.69) is 10.2 Å². The molecule has 1 aliphatic heterocycles. The summed E-state index contributed by atoms with van der Waals surface area (Å²) >= 11 is 0. The number of halogens is 1. The maximum absolute atomic E-state index is 14.0. The maximum Gasteiger partial charge on any atom is 0.243 e. The first-order valence-corrected chi connectivity index (χ1v) is 10.6. The average Bonchev–Trinajstić information content (AvgIpc) is 3.32. The standard InChI is InChI=1S/C18H23FN4O2S/c1-13-5-8-15(10-16(13)19)26(24,25)23-9-3-2-4-17(23)18-21-20-12-22(18)11-14-6-7-14/h5,8,10,12,14,17H,2-4,6-7,9,11H2,1H3. The molecule has 0 bridgehead atoms. The topological polar surface area (TPSA) is 68.1 Å². The lowest BCUT2D eigenvalue weighted by Crippen LogP contribution is -2.39. The van der Waals surface area contributed by atoms with Crippen LogP contribution in [0.5, 0.6) is 0 Å². The lowest BCUT2D eigenvalue weighted by atomic mass is 10.0. The van der Waals surface area contributed by atoms with Crippen molar-refractivity contribution in [2.45, 2.75) is 56.5 Å². The third-order valence-electron chi connectivity index (χ3n) is 5.30. The SMILES string of the molecule is Cc1ccc(S(=O)(=O)N2CCCCC2c2nncn2CC2CC2)cc1F. The first kappa shape index (κ1) is 17.6. The minimum atomic E-state index is -3.79. The first-order valence-electron chi connectivity index (χ1n) is 9.12. The Morgan fingerprint density at radius 2 is 2.04 bits per heavy atom. The summed E-state index contributed by atoms with van der Waals surface area (Å²) in [5.74, 6) is 0.842. The molecule has 1 aromatic heterocycles. The van der Waals surface area contributed by atoms with Crippen LogP contribution in [0, 0.1) is 18.7 Å². The van der Waals surface area contributed by atoms with Gasteiger partial charge in [-0.05, 0) is 56.2 Å². The van der Waals surface area contributed by atoms with Crippen LogP contribution in [0.4, 0.5) is 4.39 Å². The molecule has 0 N–H and O–H groups in total. The fraction of sp³-hybridized carbons (Fsp3) is 0.556. The molecule has 0 amide bonds. The van der Waals surface area contributed by atoms with Gasteiger partial charge >= 0.3 is 0 Å². The number of hydrogen-bond donors (Lipinski definition) is 0. The Morgan fingerprint density at radius 1 is 1.23 bits per heavy atom. The number of rotatable bonds is 5. The maximum atomic E-state index is 14.0. The molecule has 1 saturated carbocycles. The van der Waals surface area contributed by atoms with E-state index in [4.69, 9.17) is 0 Å². The number of benzene rings is 1. The monoisotopic (exact) mass is 378 g/mol. The van der Waals surface area contributed by atoms with E-state index in [-0.39, 0.29) is 10.9 Å². The van der Waals surface area contributed by atoms with Gasteiger partial charge < -0.3 is 4.57 Å². The Hall–Kier alpha value is -1.80. The predicted molar refractivity (Wildman–Crippen MR) is 94.4 cm³/mol. The van der Waals surface area contributed by atoms with Crippen LogP contribution in [-0.4, -0.2) is 34.0 Å². The van der Waals surface area contributed by atoms with Crippen molar-refractivity contribution < 1.29 is 12.8 Å². The number of nitrogens with zero attached hydrogens (tertiary/aromatic N) is 4. The van der Waals surface area contributed by atoms with E-state index in [1.54, 1.807) is 13.3 Å². The van der Waals surface area contributed by atoms with Gasteiger partial charge in [-0.3, -0.25) is 0 Å². The molecule has 1 atom stereocenters. The van der Waals surface area contributed by atoms with Gasteiger partial charge in [-0.2, -0.15) is 4.31 Å². The van der Waals surface area contributed by atoms with E-state index in [9.17, 15) is 12.8 Å². The van der Waals surface area contributed by atoms with Crippen LogP contribution >= 0.6 is 0 Å². The Kier molecular flexibility index (Phi) is 4.56. The molecule has 8 heteroatoms. The number of aromatic nitrogens is 3. The third kappa shape index (κ3) is 3.27. The van der Waals surface area contributed by atoms with Crippen LogP contribution in [0.3, 0.4) is 0 Å². The molecule has 2 aromatic rings. The lowest BCUT2D eigenvalue weighted by molar-refractivity contribution is 0.240. The van der Waals surface area contributed by atoms with E-state index >= 15 is 0 Å². The van der Waals surface area contributed by atoms with E-state index in [1.807, 2.05) is 4.57 Å². The molecule has 4 rings (SSSR count). The molecular formula is C18H23FN4O2S. The fourth-order valence-corrected chi connectivity index (χ4v) is 5.23. The molecule has 2 aliphatic rings. The van der Waals surface area contributed by atoms with Gasteiger partial charge in [-0.1, -0.05) is 12.5 Å². The molecule has 6 nitrogen and oxygen atoms in total. The molecule has 140 valence electrons. The van der Waals surface area contributed by atoms with Crippen LogP contribution in [-0.2, 0) is 16.6 Å². The quantitative estimate of drug-likeness (QED) is 0.802. The second kappa shape index (κ2) is 6.74. The summed E-state index contributed by atoms with van der Waals surface area (Å²) in [6.07, 6.45) is 6.53. The Balaban J connectivity index is 1.68. The van der Waals surface area contributed by atoms with Gasteiger partial charge in [0.25, 0.3) is 0 Å². The van der Waals surface area contributed by atoms with Crippen molar-refractivity contribution in [3.63, 3.8) is 0 Å². The zero-order valence-corrected chi connectivity index (χ0v) is 15.6. The van der Waals surface area contributed by atoms with Gasteiger partial charge in [-0.15, -0.1) is 10.2 Å². The Bertz CT molecular complexity index is 908. The van der Waals surface area contributed by atoms with E-state index in [0.29, 0.717) is 30.3 Å². The molecule has 0 spiro atoms. The molecule has 0 radical (unpaired) electrons. The summed E-state index contributed by atoms with van der Waals surface area (Å²) in [4.78, 5) is 0.000702. The van der Waals surface area contributed by atoms with Gasteiger partial charge in [0.1, 0.15) is 12.1 Å². The van der Waals surface area contributed by atoms with Gasteiger partial charge in [0, 0.05) is 13.1 Å². The Morgan fingerprint density at radius 3 is 2.77 bits per heavy atom. The minimum Gasteiger partial charge on any atom is -0.316 e. The van der Waals surface area contributed by atoms with Gasteiger partial charge in [0.2, 0.25) is 10.0 Å². The summed E-state index contributed by atoms with van der Waals surface area (Å²) in [5.41, 5.74) is 0.434. The van der Waals surface area contributed by atoms with Gasteiger partial charge in [-0.25, -0.2) is 12.8 Å². The smallest absolute Gasteiger partial charge is 0.243 e. The van der Waals surface area contributed by atoms with Crippen LogP contribution in [0.1, 0.15) is 49.5 Å². The fourth-order valence-electron chi connectivity index (χ4n) is 3.56. The Labute approximate surface area is 153 Å². The molecule has 1 saturated heterocycles. The normalized spacial score (nSPS) is 21.8. The third-order valence-corrected chi connectivity index (χ3v) is 7.20. The van der Waals surface area contributed by atoms with Crippen molar-refractivity contribution in [2.24, 2.45) is 5.92 Å². The van der Waals surface area contributed by atoms with Crippen LogP contribution in [0.25, 0.3) is 0 Å². The average molecular weight is 378 g/mol. The molecular weight excluding hydrogens is 355 g/mol. The largest absolute Gasteiger partial charge is 0.316 e. The minimum absolute atomic E-state index is 0.000702. The van der Waals surface area contributed by atoms with Crippen molar-refractivity contribution in [2.75, 3.05) is 6.54 Å². The second-order valence-corrected chi connectivity index (χ2v) is 9.21. The molecule has 2 fully saturated rings. The van der Waals surface area contributed by atoms with Crippen LogP contribution < -0.4 is 0 Å². The molecule has 26 heavy (non-hydrogen) atoms. The van der Waals surface area contributed by atoms with Crippen molar-refractivity contribution in [1.82, 2.24) is 19.1 Å². The highest BCUT2D eigenvalue weighted by molar-refractivity contribution is 7.89. The summed E-state index contributed by atoms with van der Waals surface area (Å²) in [6.45, 7) is 2.88. The predicted octanol–water partition coefficient (Wildman–Crippen LogP) is 3.05. The zero-order valence-electron chi connectivity index (χ0n) is 14.8. The van der Waals surface area contributed by atoms with E-state index < -0.39 is 15.8 Å². The van der Waals surface area contributed by atoms with E-state index in [0.717, 1.165) is 25.5 Å². The van der Waals surface area contributed by atoms with Crippen molar-refractivity contribution >= 4 is 10.0 Å². The highest BCUT2D eigenvalue weighted by Gasteiger charge is 2.37. The van der Waals surface area contributed by atoms with Crippen molar-refractivity contribution in [1.29, 1.82) is 0 Å². The number of aryl methyl sites for hydroxylation is 1. The summed E-state index contributed by atoms with van der Waals surface area (Å²) in [7, 11) is -3.79. The lowest BCUT2D eigenvalue weighted by Gasteiger charge is -2.34. The number of sulfonamides is 1. The first-order chi connectivity index (χ1) is 12.5. The molecule has 1 aromatic carbocycles.